The molecular weight excluding hydrogens is 584 g/mol. The van der Waals surface area contributed by atoms with Gasteiger partial charge in [0.1, 0.15) is 34.6 Å². The monoisotopic (exact) mass is 618 g/mol. The minimum Gasteiger partial charge on any atom is -0.456 e. The smallest absolute Gasteiger partial charge is 0.172 e. The maximum Gasteiger partial charge on any atom is 0.172 e. The van der Waals surface area contributed by atoms with E-state index in [1.165, 1.54) is 0 Å². The molecule has 7 rings (SSSR count). The second-order valence-electron chi connectivity index (χ2n) is 12.6. The maximum atomic E-state index is 6.87. The van der Waals surface area contributed by atoms with E-state index in [4.69, 9.17) is 40.5 Å². The van der Waals surface area contributed by atoms with Gasteiger partial charge in [0.25, 0.3) is 0 Å². The molecule has 2 aromatic carbocycles. The lowest BCUT2D eigenvalue weighted by atomic mass is 9.85. The minimum absolute atomic E-state index is 0.234. The van der Waals surface area contributed by atoms with Crippen LogP contribution in [-0.4, -0.2) is 63.0 Å². The van der Waals surface area contributed by atoms with Crippen LogP contribution in [0, 0.1) is 6.92 Å². The summed E-state index contributed by atoms with van der Waals surface area (Å²) in [5, 5.41) is 4.98. The third-order valence-electron chi connectivity index (χ3n) is 8.15. The zero-order chi connectivity index (χ0) is 29.8. The first-order chi connectivity index (χ1) is 20.7. The Balaban J connectivity index is 1.10. The predicted molar refractivity (Wildman–Crippen MR) is 167 cm³/mol. The molecule has 0 radical (unpaired) electrons. The second kappa shape index (κ2) is 11.0. The molecule has 1 aliphatic heterocycles. The fourth-order valence-corrected chi connectivity index (χ4v) is 6.60. The number of rotatable bonds is 9. The number of imidazole rings is 1. The Morgan fingerprint density at radius 1 is 1.05 bits per heavy atom. The first kappa shape index (κ1) is 28.4. The highest BCUT2D eigenvalue weighted by Crippen LogP contribution is 2.47. The van der Waals surface area contributed by atoms with Crippen LogP contribution < -0.4 is 4.74 Å². The van der Waals surface area contributed by atoms with Gasteiger partial charge in [0.05, 0.1) is 53.9 Å². The number of aryl methyl sites for hydroxylation is 1. The lowest BCUT2D eigenvalue weighted by Crippen LogP contribution is -2.45. The number of ether oxygens (including phenoxy) is 4. The van der Waals surface area contributed by atoms with Gasteiger partial charge in [-0.15, -0.1) is 0 Å². The van der Waals surface area contributed by atoms with Gasteiger partial charge in [0, 0.05) is 45.3 Å². The van der Waals surface area contributed by atoms with Crippen LogP contribution in [0.1, 0.15) is 24.7 Å². The maximum absolute atomic E-state index is 6.87. The number of hydrogen-bond acceptors (Lipinski definition) is 8. The van der Waals surface area contributed by atoms with Gasteiger partial charge < -0.3 is 23.5 Å². The van der Waals surface area contributed by atoms with Crippen molar-refractivity contribution in [2.45, 2.75) is 64.0 Å². The average molecular weight is 619 g/mol. The largest absolute Gasteiger partial charge is 0.456 e. The fraction of sp³-hybridized carbons (Fsp3) is 0.419. The number of hydrogen-bond donors (Lipinski definition) is 0. The summed E-state index contributed by atoms with van der Waals surface area (Å²) in [6.07, 6.45) is 7.13. The van der Waals surface area contributed by atoms with Crippen molar-refractivity contribution >= 4 is 41.7 Å². The Bertz CT molecular complexity index is 1800. The van der Waals surface area contributed by atoms with Gasteiger partial charge in [-0.25, -0.2) is 9.97 Å². The number of benzene rings is 2. The van der Waals surface area contributed by atoms with Crippen LogP contribution in [0.25, 0.3) is 33.3 Å². The third-order valence-corrected chi connectivity index (χ3v) is 10.2. The van der Waals surface area contributed by atoms with Gasteiger partial charge in [-0.1, -0.05) is 31.2 Å². The highest BCUT2D eigenvalue weighted by Gasteiger charge is 2.50. The van der Waals surface area contributed by atoms with Gasteiger partial charge in [-0.05, 0) is 37.2 Å². The predicted octanol–water partition coefficient (Wildman–Crippen LogP) is 6.99. The molecule has 3 aromatic heterocycles. The van der Waals surface area contributed by atoms with Crippen molar-refractivity contribution in [3.8, 4) is 22.8 Å². The molecule has 1 saturated carbocycles. The van der Waals surface area contributed by atoms with E-state index in [1.54, 1.807) is 12.4 Å². The van der Waals surface area contributed by atoms with E-state index in [0.717, 1.165) is 47.9 Å². The molecule has 2 aliphatic rings. The molecule has 2 fully saturated rings. The van der Waals surface area contributed by atoms with Gasteiger partial charge >= 0.3 is 0 Å². The Morgan fingerprint density at radius 2 is 1.84 bits per heavy atom. The van der Waals surface area contributed by atoms with Crippen molar-refractivity contribution < 1.29 is 18.9 Å². The molecule has 5 aromatic rings. The number of aromatic nitrogens is 6. The first-order valence-corrected chi connectivity index (χ1v) is 18.8. The molecule has 4 heterocycles. The van der Waals surface area contributed by atoms with E-state index in [9.17, 15) is 0 Å². The van der Waals surface area contributed by atoms with E-state index in [1.807, 2.05) is 48.1 Å². The molecule has 10 nitrogen and oxygen atoms in total. The topological polar surface area (TPSA) is 98.3 Å². The summed E-state index contributed by atoms with van der Waals surface area (Å²) < 4.78 is 27.9. The molecule has 0 bridgehead atoms. The van der Waals surface area contributed by atoms with Crippen molar-refractivity contribution in [3.05, 3.63) is 59.8 Å². The fourth-order valence-electron chi connectivity index (χ4n) is 5.60. The summed E-state index contributed by atoms with van der Waals surface area (Å²) in [7, 11) is -1.16. The van der Waals surface area contributed by atoms with E-state index >= 15 is 0 Å². The van der Waals surface area contributed by atoms with Gasteiger partial charge in [0.15, 0.2) is 5.79 Å². The first-order valence-electron chi connectivity index (χ1n) is 14.7. The number of fused-ring (bicyclic) bond motifs is 2. The molecule has 1 aliphatic carbocycles. The second-order valence-corrected chi connectivity index (χ2v) is 18.6. The molecule has 0 N–H and O–H groups in total. The van der Waals surface area contributed by atoms with Gasteiger partial charge in [-0.2, -0.15) is 5.10 Å². The summed E-state index contributed by atoms with van der Waals surface area (Å²) >= 11 is 6.87. The van der Waals surface area contributed by atoms with Crippen LogP contribution in [0.4, 0.5) is 0 Å². The Morgan fingerprint density at radius 3 is 2.63 bits per heavy atom. The molecule has 12 heteroatoms. The molecule has 0 amide bonds. The van der Waals surface area contributed by atoms with Crippen LogP contribution in [0.15, 0.2) is 48.9 Å². The zero-order valence-electron chi connectivity index (χ0n) is 24.8. The standard InChI is InChI=1S/C31H35ClN6O4Si/c1-20-35-24-6-5-23(13-27(24)37(20)19-39-11-12-43(2,3)4)42-28-8-7-25-30(29(28)32)36-26(17-33-25)21-16-34-38(18-21)22-14-31(15-22)40-9-10-41-31/h5-8,13,16-18,22H,9-12,14-15,19H2,1-4H3. The molecule has 43 heavy (non-hydrogen) atoms. The highest BCUT2D eigenvalue weighted by molar-refractivity contribution is 6.76. The van der Waals surface area contributed by atoms with Crippen LogP contribution in [0.5, 0.6) is 11.5 Å². The Kier molecular flexibility index (Phi) is 7.25. The normalized spacial score (nSPS) is 16.9. The van der Waals surface area contributed by atoms with Crippen molar-refractivity contribution in [1.29, 1.82) is 0 Å². The van der Waals surface area contributed by atoms with Crippen LogP contribution in [0.2, 0.25) is 30.7 Å². The summed E-state index contributed by atoms with van der Waals surface area (Å²) in [5.41, 5.74) is 4.64. The van der Waals surface area contributed by atoms with Gasteiger partial charge in [0.2, 0.25) is 0 Å². The molecule has 0 unspecified atom stereocenters. The number of halogens is 1. The minimum atomic E-state index is -1.16. The van der Waals surface area contributed by atoms with Crippen LogP contribution in [-0.2, 0) is 20.9 Å². The molecule has 1 spiro atoms. The summed E-state index contributed by atoms with van der Waals surface area (Å²) in [5.74, 6) is 1.62. The molecule has 1 saturated heterocycles. The summed E-state index contributed by atoms with van der Waals surface area (Å²) in [6.45, 7) is 11.5. The highest BCUT2D eigenvalue weighted by atomic mass is 35.5. The lowest BCUT2D eigenvalue weighted by molar-refractivity contribution is -0.227. The number of nitrogens with zero attached hydrogens (tertiary/aromatic N) is 6. The van der Waals surface area contributed by atoms with E-state index in [-0.39, 0.29) is 6.04 Å². The van der Waals surface area contributed by atoms with E-state index in [2.05, 4.69) is 34.3 Å². The average Bonchev–Trinajstić information content (AvgIpc) is 3.70. The lowest BCUT2D eigenvalue weighted by Gasteiger charge is -2.42. The van der Waals surface area contributed by atoms with Crippen molar-refractivity contribution in [2.24, 2.45) is 0 Å². The summed E-state index contributed by atoms with van der Waals surface area (Å²) in [6, 6.07) is 10.9. The Labute approximate surface area is 255 Å². The van der Waals surface area contributed by atoms with Crippen LogP contribution in [0.3, 0.4) is 0 Å². The molecular formula is C31H35ClN6O4Si. The van der Waals surface area contributed by atoms with Crippen molar-refractivity contribution in [2.75, 3.05) is 19.8 Å². The SMILES string of the molecule is Cc1nc2ccc(Oc3ccc4ncc(-c5cnn(C6CC7(C6)OCCO7)c5)nc4c3Cl)cc2n1COCC[Si](C)(C)C. The van der Waals surface area contributed by atoms with Gasteiger partial charge in [-0.3, -0.25) is 9.67 Å². The zero-order valence-corrected chi connectivity index (χ0v) is 26.6. The third kappa shape index (κ3) is 5.67. The molecule has 0 atom stereocenters. The quantitative estimate of drug-likeness (QED) is 0.129. The van der Waals surface area contributed by atoms with Crippen molar-refractivity contribution in [1.82, 2.24) is 29.3 Å². The Hall–Kier alpha value is -3.35. The van der Waals surface area contributed by atoms with E-state index < -0.39 is 13.9 Å². The van der Waals surface area contributed by atoms with Crippen molar-refractivity contribution in [3.63, 3.8) is 0 Å². The summed E-state index contributed by atoms with van der Waals surface area (Å²) in [4.78, 5) is 14.2. The molecule has 224 valence electrons. The van der Waals surface area contributed by atoms with E-state index in [0.29, 0.717) is 53.2 Å². The van der Waals surface area contributed by atoms with Crippen LogP contribution >= 0.6 is 11.6 Å².